The quantitative estimate of drug-likeness (QED) is 0.813. The first kappa shape index (κ1) is 11.9. The molecule has 0 fully saturated rings. The van der Waals surface area contributed by atoms with Crippen LogP contribution in [0.2, 0.25) is 0 Å². The zero-order chi connectivity index (χ0) is 12.3. The number of ether oxygens (including phenoxy) is 1. The van der Waals surface area contributed by atoms with E-state index < -0.39 is 18.3 Å². The molecule has 1 unspecified atom stereocenters. The molecule has 1 aliphatic rings. The molecule has 0 radical (unpaired) electrons. The molecule has 1 aliphatic heterocycles. The summed E-state index contributed by atoms with van der Waals surface area (Å²) >= 11 is 0. The predicted molar refractivity (Wildman–Crippen MR) is 59.1 cm³/mol. The number of nitrogens with one attached hydrogen (secondary N) is 1. The largest absolute Gasteiger partial charge is 0.490 e. The van der Waals surface area contributed by atoms with Crippen LogP contribution in [0.5, 0.6) is 5.75 Å². The van der Waals surface area contributed by atoms with Gasteiger partial charge in [0, 0.05) is 5.56 Å². The first-order valence-corrected chi connectivity index (χ1v) is 5.54. The number of rotatable bonds is 2. The molecule has 1 heterocycles. The van der Waals surface area contributed by atoms with Gasteiger partial charge in [0.1, 0.15) is 6.61 Å². The Morgan fingerprint density at radius 2 is 2.41 bits per heavy atom. The zero-order valence-corrected chi connectivity index (χ0v) is 9.28. The van der Waals surface area contributed by atoms with Crippen LogP contribution >= 0.6 is 0 Å². The van der Waals surface area contributed by atoms with Gasteiger partial charge in [-0.2, -0.15) is 0 Å². The molecule has 0 spiro atoms. The molecule has 0 saturated heterocycles. The molecular formula is C12H14FNO3. The lowest BCUT2D eigenvalue weighted by molar-refractivity contribution is -0.124. The van der Waals surface area contributed by atoms with Crippen LogP contribution in [0.1, 0.15) is 24.4 Å². The maximum absolute atomic E-state index is 13.6. The van der Waals surface area contributed by atoms with Crippen LogP contribution in [0.4, 0.5) is 4.39 Å². The molecule has 1 amide bonds. The molecule has 0 aromatic heterocycles. The average molecular weight is 239 g/mol. The zero-order valence-electron chi connectivity index (χ0n) is 9.28. The van der Waals surface area contributed by atoms with Crippen molar-refractivity contribution < 1.29 is 19.0 Å². The van der Waals surface area contributed by atoms with Gasteiger partial charge in [-0.15, -0.1) is 0 Å². The SMILES string of the molecule is O=C(CO)NC1CCCOc2c(F)cccc21. The minimum atomic E-state index is -0.567. The monoisotopic (exact) mass is 239 g/mol. The Morgan fingerprint density at radius 3 is 3.18 bits per heavy atom. The van der Waals surface area contributed by atoms with Gasteiger partial charge in [-0.3, -0.25) is 4.79 Å². The first-order valence-electron chi connectivity index (χ1n) is 5.54. The lowest BCUT2D eigenvalue weighted by Crippen LogP contribution is -2.30. The van der Waals surface area contributed by atoms with Crippen molar-refractivity contribution in [2.45, 2.75) is 18.9 Å². The van der Waals surface area contributed by atoms with E-state index in [-0.39, 0.29) is 11.8 Å². The third-order valence-electron chi connectivity index (χ3n) is 2.74. The summed E-state index contributed by atoms with van der Waals surface area (Å²) in [5, 5.41) is 11.4. The number of aliphatic hydroxyl groups is 1. The van der Waals surface area contributed by atoms with Crippen LogP contribution in [-0.2, 0) is 4.79 Å². The van der Waals surface area contributed by atoms with Gasteiger partial charge in [-0.1, -0.05) is 12.1 Å². The molecule has 1 aromatic rings. The number of benzene rings is 1. The van der Waals surface area contributed by atoms with Crippen molar-refractivity contribution in [2.24, 2.45) is 0 Å². The Hall–Kier alpha value is -1.62. The Labute approximate surface area is 98.4 Å². The molecule has 0 bridgehead atoms. The number of aliphatic hydroxyl groups excluding tert-OH is 1. The molecule has 2 rings (SSSR count). The van der Waals surface area contributed by atoms with E-state index in [4.69, 9.17) is 9.84 Å². The first-order chi connectivity index (χ1) is 8.22. The third-order valence-corrected chi connectivity index (χ3v) is 2.74. The van der Waals surface area contributed by atoms with Crippen LogP contribution in [0.25, 0.3) is 0 Å². The van der Waals surface area contributed by atoms with Gasteiger partial charge in [0.05, 0.1) is 12.6 Å². The van der Waals surface area contributed by atoms with Gasteiger partial charge < -0.3 is 15.2 Å². The van der Waals surface area contributed by atoms with Crippen LogP contribution in [0.15, 0.2) is 18.2 Å². The van der Waals surface area contributed by atoms with E-state index in [1.807, 2.05) is 0 Å². The molecule has 17 heavy (non-hydrogen) atoms. The average Bonchev–Trinajstić information content (AvgIpc) is 2.53. The molecule has 2 N–H and O–H groups in total. The van der Waals surface area contributed by atoms with E-state index in [0.29, 0.717) is 18.6 Å². The summed E-state index contributed by atoms with van der Waals surface area (Å²) < 4.78 is 18.9. The van der Waals surface area contributed by atoms with Gasteiger partial charge in [0.15, 0.2) is 11.6 Å². The Morgan fingerprint density at radius 1 is 1.59 bits per heavy atom. The fourth-order valence-electron chi connectivity index (χ4n) is 1.96. The number of amides is 1. The van der Waals surface area contributed by atoms with Crippen LogP contribution < -0.4 is 10.1 Å². The highest BCUT2D eigenvalue weighted by atomic mass is 19.1. The van der Waals surface area contributed by atoms with Crippen molar-refractivity contribution >= 4 is 5.91 Å². The summed E-state index contributed by atoms with van der Waals surface area (Å²) in [5.41, 5.74) is 0.629. The smallest absolute Gasteiger partial charge is 0.246 e. The lowest BCUT2D eigenvalue weighted by atomic mass is 10.0. The topological polar surface area (TPSA) is 58.6 Å². The van der Waals surface area contributed by atoms with E-state index in [1.165, 1.54) is 6.07 Å². The molecule has 0 aliphatic carbocycles. The Balaban J connectivity index is 2.30. The van der Waals surface area contributed by atoms with Gasteiger partial charge in [0.25, 0.3) is 0 Å². The van der Waals surface area contributed by atoms with Gasteiger partial charge in [-0.05, 0) is 18.9 Å². The summed E-state index contributed by atoms with van der Waals surface area (Å²) in [4.78, 5) is 11.2. The number of fused-ring (bicyclic) bond motifs is 1. The van der Waals surface area contributed by atoms with E-state index in [1.54, 1.807) is 12.1 Å². The normalized spacial score (nSPS) is 18.8. The maximum atomic E-state index is 13.6. The van der Waals surface area contributed by atoms with Gasteiger partial charge in [-0.25, -0.2) is 4.39 Å². The summed E-state index contributed by atoms with van der Waals surface area (Å²) in [6.07, 6.45) is 1.40. The van der Waals surface area contributed by atoms with Crippen molar-refractivity contribution in [2.75, 3.05) is 13.2 Å². The summed E-state index contributed by atoms with van der Waals surface area (Å²) in [6.45, 7) is -0.137. The number of para-hydroxylation sites is 1. The number of hydrogen-bond donors (Lipinski definition) is 2. The van der Waals surface area contributed by atoms with Crippen LogP contribution in [0, 0.1) is 5.82 Å². The molecular weight excluding hydrogens is 225 g/mol. The fourth-order valence-corrected chi connectivity index (χ4v) is 1.96. The second-order valence-corrected chi connectivity index (χ2v) is 3.93. The standard InChI is InChI=1S/C12H14FNO3/c13-9-4-1-3-8-10(14-11(16)7-15)5-2-6-17-12(8)9/h1,3-4,10,15H,2,5-7H2,(H,14,16). The predicted octanol–water partition coefficient (Wildman–Crippen LogP) is 1.15. The highest BCUT2D eigenvalue weighted by Gasteiger charge is 2.23. The van der Waals surface area contributed by atoms with Crippen LogP contribution in [-0.4, -0.2) is 24.2 Å². The second kappa shape index (κ2) is 5.14. The van der Waals surface area contributed by atoms with E-state index in [0.717, 1.165) is 6.42 Å². The van der Waals surface area contributed by atoms with E-state index in [9.17, 15) is 9.18 Å². The molecule has 5 heteroatoms. The number of halogens is 1. The maximum Gasteiger partial charge on any atom is 0.246 e. The van der Waals surface area contributed by atoms with Gasteiger partial charge >= 0.3 is 0 Å². The summed E-state index contributed by atoms with van der Waals surface area (Å²) in [7, 11) is 0. The summed E-state index contributed by atoms with van der Waals surface area (Å²) in [6, 6.07) is 4.34. The summed E-state index contributed by atoms with van der Waals surface area (Å²) in [5.74, 6) is -0.687. The number of carbonyl (C=O) groups is 1. The van der Waals surface area contributed by atoms with Crippen molar-refractivity contribution in [1.29, 1.82) is 0 Å². The fraction of sp³-hybridized carbons (Fsp3) is 0.417. The Bertz CT molecular complexity index is 422. The van der Waals surface area contributed by atoms with Crippen molar-refractivity contribution in [3.63, 3.8) is 0 Å². The number of hydrogen-bond acceptors (Lipinski definition) is 3. The molecule has 1 atom stereocenters. The minimum Gasteiger partial charge on any atom is -0.490 e. The second-order valence-electron chi connectivity index (χ2n) is 3.93. The van der Waals surface area contributed by atoms with E-state index >= 15 is 0 Å². The minimum absolute atomic E-state index is 0.202. The van der Waals surface area contributed by atoms with Crippen molar-refractivity contribution in [3.05, 3.63) is 29.6 Å². The van der Waals surface area contributed by atoms with Gasteiger partial charge in [0.2, 0.25) is 5.91 Å². The van der Waals surface area contributed by atoms with Crippen molar-refractivity contribution in [1.82, 2.24) is 5.32 Å². The molecule has 1 aromatic carbocycles. The van der Waals surface area contributed by atoms with Crippen LogP contribution in [0.3, 0.4) is 0 Å². The van der Waals surface area contributed by atoms with Crippen molar-refractivity contribution in [3.8, 4) is 5.75 Å². The van der Waals surface area contributed by atoms with E-state index in [2.05, 4.69) is 5.32 Å². The highest BCUT2D eigenvalue weighted by Crippen LogP contribution is 2.33. The lowest BCUT2D eigenvalue weighted by Gasteiger charge is -2.17. The number of carbonyl (C=O) groups excluding carboxylic acids is 1. The molecule has 92 valence electrons. The third kappa shape index (κ3) is 2.55. The Kier molecular flexibility index (Phi) is 3.58. The highest BCUT2D eigenvalue weighted by molar-refractivity contribution is 5.77. The molecule has 4 nitrogen and oxygen atoms in total. The molecule has 0 saturated carbocycles.